The van der Waals surface area contributed by atoms with Crippen LogP contribution in [0.1, 0.15) is 5.01 Å². The molecule has 74 valence electrons. The summed E-state index contributed by atoms with van der Waals surface area (Å²) in [6, 6.07) is 0. The van der Waals surface area contributed by atoms with Gasteiger partial charge in [0.25, 0.3) is 0 Å². The van der Waals surface area contributed by atoms with Crippen molar-refractivity contribution in [1.82, 2.24) is 15.5 Å². The Morgan fingerprint density at radius 3 is 2.92 bits per heavy atom. The van der Waals surface area contributed by atoms with Gasteiger partial charge >= 0.3 is 0 Å². The second-order valence-electron chi connectivity index (χ2n) is 2.61. The first-order valence-electron chi connectivity index (χ1n) is 3.98. The molecule has 4 nitrogen and oxygen atoms in total. The van der Waals surface area contributed by atoms with Gasteiger partial charge in [0.2, 0.25) is 0 Å². The molecule has 0 aliphatic rings. The Bertz CT molecular complexity index is 254. The minimum absolute atomic E-state index is 0.320. The molecule has 6 heteroatoms. The third-order valence-electron chi connectivity index (χ3n) is 1.35. The van der Waals surface area contributed by atoms with E-state index in [2.05, 4.69) is 15.5 Å². The molecule has 0 saturated carbocycles. The third-order valence-corrected chi connectivity index (χ3v) is 3.46. The van der Waals surface area contributed by atoms with Gasteiger partial charge in [0, 0.05) is 12.3 Å². The van der Waals surface area contributed by atoms with E-state index in [0.29, 0.717) is 12.3 Å². The fraction of sp³-hybridized carbons (Fsp3) is 0.714. The Kier molecular flexibility index (Phi) is 4.65. The van der Waals surface area contributed by atoms with E-state index in [1.165, 1.54) is 0 Å². The van der Waals surface area contributed by atoms with Crippen LogP contribution in [-0.4, -0.2) is 40.8 Å². The molecule has 0 bridgehead atoms. The van der Waals surface area contributed by atoms with E-state index in [1.54, 1.807) is 23.1 Å². The second-order valence-corrected chi connectivity index (χ2v) is 5.06. The van der Waals surface area contributed by atoms with Crippen molar-refractivity contribution in [3.8, 4) is 0 Å². The van der Waals surface area contributed by atoms with Gasteiger partial charge in [-0.2, -0.15) is 0 Å². The van der Waals surface area contributed by atoms with E-state index >= 15 is 0 Å². The molecule has 0 fully saturated rings. The van der Waals surface area contributed by atoms with Gasteiger partial charge in [0.15, 0.2) is 4.34 Å². The maximum absolute atomic E-state index is 9.39. The smallest absolute Gasteiger partial charge is 0.174 e. The van der Waals surface area contributed by atoms with Gasteiger partial charge in [0.05, 0.1) is 6.10 Å². The third kappa shape index (κ3) is 4.04. The molecule has 1 rings (SSSR count). The zero-order valence-electron chi connectivity index (χ0n) is 7.65. The van der Waals surface area contributed by atoms with Gasteiger partial charge in [0.1, 0.15) is 5.01 Å². The molecule has 0 aliphatic heterocycles. The lowest BCUT2D eigenvalue weighted by Crippen LogP contribution is -2.25. The predicted molar refractivity (Wildman–Crippen MR) is 55.3 cm³/mol. The minimum atomic E-state index is -0.320. The predicted octanol–water partition coefficient (Wildman–Crippen LogP) is 0.519. The topological polar surface area (TPSA) is 58.0 Å². The van der Waals surface area contributed by atoms with Gasteiger partial charge in [-0.3, -0.25) is 0 Å². The van der Waals surface area contributed by atoms with Crippen molar-refractivity contribution < 1.29 is 5.11 Å². The number of aliphatic hydroxyl groups is 1. The summed E-state index contributed by atoms with van der Waals surface area (Å²) >= 11 is 3.10. The molecule has 1 aromatic rings. The minimum Gasteiger partial charge on any atom is -0.391 e. The molecule has 1 atom stereocenters. The number of nitrogens with one attached hydrogen (secondary N) is 1. The molecule has 0 radical (unpaired) electrons. The summed E-state index contributed by atoms with van der Waals surface area (Å²) in [5.41, 5.74) is 0. The first-order valence-corrected chi connectivity index (χ1v) is 5.78. The van der Waals surface area contributed by atoms with E-state index in [0.717, 1.165) is 9.35 Å². The van der Waals surface area contributed by atoms with Gasteiger partial charge < -0.3 is 10.4 Å². The quantitative estimate of drug-likeness (QED) is 0.707. The molecule has 0 aromatic carbocycles. The van der Waals surface area contributed by atoms with Crippen LogP contribution in [0.15, 0.2) is 4.34 Å². The van der Waals surface area contributed by atoms with Gasteiger partial charge in [-0.1, -0.05) is 23.1 Å². The average molecular weight is 219 g/mol. The molecule has 13 heavy (non-hydrogen) atoms. The molecule has 2 N–H and O–H groups in total. The fourth-order valence-corrected chi connectivity index (χ4v) is 2.57. The highest BCUT2D eigenvalue weighted by atomic mass is 32.2. The molecule has 0 amide bonds. The molecule has 1 aromatic heterocycles. The number of likely N-dealkylation sites (N-methyl/N-ethyl adjacent to an activating group) is 1. The van der Waals surface area contributed by atoms with Crippen LogP contribution in [0.2, 0.25) is 0 Å². The van der Waals surface area contributed by atoms with Crippen LogP contribution in [-0.2, 0) is 0 Å². The summed E-state index contributed by atoms with van der Waals surface area (Å²) in [6.45, 7) is 2.54. The second kappa shape index (κ2) is 5.54. The number of aryl methyl sites for hydroxylation is 1. The lowest BCUT2D eigenvalue weighted by Gasteiger charge is -2.06. The Labute approximate surface area is 85.8 Å². The first kappa shape index (κ1) is 10.9. The molecule has 0 spiro atoms. The molecule has 1 heterocycles. The Morgan fingerprint density at radius 1 is 1.62 bits per heavy atom. The zero-order valence-corrected chi connectivity index (χ0v) is 9.28. The maximum atomic E-state index is 9.39. The number of hydrogen-bond acceptors (Lipinski definition) is 6. The SMILES string of the molecule is CNCC(O)CSc1nnc(C)s1. The van der Waals surface area contributed by atoms with Crippen molar-refractivity contribution in [3.63, 3.8) is 0 Å². The van der Waals surface area contributed by atoms with E-state index in [4.69, 9.17) is 0 Å². The zero-order chi connectivity index (χ0) is 9.68. The summed E-state index contributed by atoms with van der Waals surface area (Å²) in [4.78, 5) is 0. The van der Waals surface area contributed by atoms with Crippen molar-refractivity contribution in [3.05, 3.63) is 5.01 Å². The molecule has 1 unspecified atom stereocenters. The number of nitrogens with zero attached hydrogens (tertiary/aromatic N) is 2. The van der Waals surface area contributed by atoms with Crippen molar-refractivity contribution in [2.24, 2.45) is 0 Å². The number of hydrogen-bond donors (Lipinski definition) is 2. The standard InChI is InChI=1S/C7H13N3OS2/c1-5-9-10-7(13-5)12-4-6(11)3-8-2/h6,8,11H,3-4H2,1-2H3. The van der Waals surface area contributed by atoms with E-state index in [-0.39, 0.29) is 6.10 Å². The Balaban J connectivity index is 2.26. The lowest BCUT2D eigenvalue weighted by atomic mass is 10.4. The van der Waals surface area contributed by atoms with Crippen LogP contribution in [0, 0.1) is 6.92 Å². The lowest BCUT2D eigenvalue weighted by molar-refractivity contribution is 0.199. The monoisotopic (exact) mass is 219 g/mol. The normalized spacial score (nSPS) is 13.2. The maximum Gasteiger partial charge on any atom is 0.174 e. The van der Waals surface area contributed by atoms with Crippen molar-refractivity contribution in [2.45, 2.75) is 17.4 Å². The molecule has 0 saturated heterocycles. The van der Waals surface area contributed by atoms with E-state index < -0.39 is 0 Å². The van der Waals surface area contributed by atoms with Crippen molar-refractivity contribution in [2.75, 3.05) is 19.3 Å². The summed E-state index contributed by atoms with van der Waals surface area (Å²) in [5.74, 6) is 0.662. The molecular formula is C7H13N3OS2. The Morgan fingerprint density at radius 2 is 2.38 bits per heavy atom. The highest BCUT2D eigenvalue weighted by Gasteiger charge is 2.06. The largest absolute Gasteiger partial charge is 0.391 e. The summed E-state index contributed by atoms with van der Waals surface area (Å²) in [6.07, 6.45) is -0.320. The number of thioether (sulfide) groups is 1. The van der Waals surface area contributed by atoms with Gasteiger partial charge in [-0.25, -0.2) is 0 Å². The van der Waals surface area contributed by atoms with E-state index in [9.17, 15) is 5.11 Å². The highest BCUT2D eigenvalue weighted by Crippen LogP contribution is 2.22. The summed E-state index contributed by atoms with van der Waals surface area (Å²) in [7, 11) is 1.82. The Hall–Kier alpha value is -0.170. The highest BCUT2D eigenvalue weighted by molar-refractivity contribution is 8.01. The average Bonchev–Trinajstić information content (AvgIpc) is 2.49. The van der Waals surface area contributed by atoms with Crippen LogP contribution in [0.4, 0.5) is 0 Å². The van der Waals surface area contributed by atoms with Crippen LogP contribution >= 0.6 is 23.1 Å². The van der Waals surface area contributed by atoms with Crippen LogP contribution in [0.5, 0.6) is 0 Å². The van der Waals surface area contributed by atoms with Crippen LogP contribution in [0.25, 0.3) is 0 Å². The number of aromatic nitrogens is 2. The van der Waals surface area contributed by atoms with Crippen molar-refractivity contribution in [1.29, 1.82) is 0 Å². The van der Waals surface area contributed by atoms with Crippen molar-refractivity contribution >= 4 is 23.1 Å². The number of aliphatic hydroxyl groups excluding tert-OH is 1. The first-order chi connectivity index (χ1) is 6.22. The summed E-state index contributed by atoms with van der Waals surface area (Å²) < 4.78 is 0.924. The molecular weight excluding hydrogens is 206 g/mol. The van der Waals surface area contributed by atoms with Crippen LogP contribution < -0.4 is 5.32 Å². The fourth-order valence-electron chi connectivity index (χ4n) is 0.799. The molecule has 0 aliphatic carbocycles. The van der Waals surface area contributed by atoms with Crippen LogP contribution in [0.3, 0.4) is 0 Å². The van der Waals surface area contributed by atoms with E-state index in [1.807, 2.05) is 14.0 Å². The number of rotatable bonds is 5. The summed E-state index contributed by atoms with van der Waals surface area (Å²) in [5, 5.41) is 21.1. The van der Waals surface area contributed by atoms with Gasteiger partial charge in [-0.15, -0.1) is 10.2 Å². The van der Waals surface area contributed by atoms with Gasteiger partial charge in [-0.05, 0) is 14.0 Å².